The van der Waals surface area contributed by atoms with Crippen molar-refractivity contribution in [1.29, 1.82) is 0 Å². The highest BCUT2D eigenvalue weighted by Gasteiger charge is 2.24. The zero-order valence-electron chi connectivity index (χ0n) is 9.78. The molecule has 1 aromatic rings. The van der Waals surface area contributed by atoms with Crippen molar-refractivity contribution in [2.45, 2.75) is 30.9 Å². The van der Waals surface area contributed by atoms with E-state index in [1.165, 1.54) is 18.4 Å². The number of thioether (sulfide) groups is 1. The van der Waals surface area contributed by atoms with Crippen LogP contribution in [0.3, 0.4) is 0 Å². The van der Waals surface area contributed by atoms with Crippen LogP contribution >= 0.6 is 11.8 Å². The number of carbonyl (C=O) groups is 1. The molecule has 1 unspecified atom stereocenters. The standard InChI is InChI=1S/C14H16O2S/c15-14(13-3-1-2-8-17-13)11-4-5-12-10(9-11)6-7-16-12/h4-5,9,13H,1-3,6-8H2. The summed E-state index contributed by atoms with van der Waals surface area (Å²) in [5.74, 6) is 2.40. The van der Waals surface area contributed by atoms with Crippen LogP contribution in [0.1, 0.15) is 35.2 Å². The molecule has 2 aliphatic rings. The first-order valence-electron chi connectivity index (χ1n) is 6.26. The summed E-state index contributed by atoms with van der Waals surface area (Å²) in [4.78, 5) is 12.3. The summed E-state index contributed by atoms with van der Waals surface area (Å²) in [7, 11) is 0. The fourth-order valence-electron chi connectivity index (χ4n) is 2.47. The lowest BCUT2D eigenvalue weighted by Crippen LogP contribution is -2.21. The van der Waals surface area contributed by atoms with Gasteiger partial charge in [-0.2, -0.15) is 11.8 Å². The lowest BCUT2D eigenvalue weighted by molar-refractivity contribution is 0.0985. The van der Waals surface area contributed by atoms with Gasteiger partial charge in [0.1, 0.15) is 5.75 Å². The number of ether oxygens (including phenoxy) is 1. The molecule has 1 aromatic carbocycles. The average molecular weight is 248 g/mol. The zero-order valence-corrected chi connectivity index (χ0v) is 10.6. The maximum Gasteiger partial charge on any atom is 0.175 e. The maximum atomic E-state index is 12.3. The predicted molar refractivity (Wildman–Crippen MR) is 70.1 cm³/mol. The van der Waals surface area contributed by atoms with Gasteiger partial charge in [0.25, 0.3) is 0 Å². The van der Waals surface area contributed by atoms with E-state index in [0.29, 0.717) is 5.78 Å². The van der Waals surface area contributed by atoms with Crippen LogP contribution in [0.25, 0.3) is 0 Å². The average Bonchev–Trinajstić information content (AvgIpc) is 2.86. The molecule has 3 heteroatoms. The van der Waals surface area contributed by atoms with E-state index >= 15 is 0 Å². The molecule has 0 bridgehead atoms. The molecule has 2 nitrogen and oxygen atoms in total. The summed E-state index contributed by atoms with van der Waals surface area (Å²) in [5, 5.41) is 0.184. The van der Waals surface area contributed by atoms with Crippen molar-refractivity contribution >= 4 is 17.5 Å². The summed E-state index contributed by atoms with van der Waals surface area (Å²) in [6.45, 7) is 0.755. The Morgan fingerprint density at radius 2 is 2.29 bits per heavy atom. The molecule has 0 amide bonds. The Morgan fingerprint density at radius 1 is 1.35 bits per heavy atom. The van der Waals surface area contributed by atoms with Crippen molar-refractivity contribution in [3.8, 4) is 5.75 Å². The van der Waals surface area contributed by atoms with Crippen molar-refractivity contribution < 1.29 is 9.53 Å². The molecular formula is C14H16O2S. The molecule has 1 atom stereocenters. The Bertz CT molecular complexity index is 436. The van der Waals surface area contributed by atoms with Gasteiger partial charge in [0.15, 0.2) is 5.78 Å². The monoisotopic (exact) mass is 248 g/mol. The summed E-state index contributed by atoms with van der Waals surface area (Å²) >= 11 is 1.82. The molecule has 0 N–H and O–H groups in total. The molecule has 0 radical (unpaired) electrons. The van der Waals surface area contributed by atoms with Crippen LogP contribution < -0.4 is 4.74 Å². The quantitative estimate of drug-likeness (QED) is 0.752. The second-order valence-electron chi connectivity index (χ2n) is 4.64. The van der Waals surface area contributed by atoms with E-state index in [-0.39, 0.29) is 5.25 Å². The van der Waals surface area contributed by atoms with Gasteiger partial charge in [-0.15, -0.1) is 0 Å². The zero-order chi connectivity index (χ0) is 11.7. The van der Waals surface area contributed by atoms with Crippen LogP contribution in [0.2, 0.25) is 0 Å². The molecule has 1 fully saturated rings. The van der Waals surface area contributed by atoms with Gasteiger partial charge >= 0.3 is 0 Å². The number of ketones is 1. The van der Waals surface area contributed by atoms with E-state index < -0.39 is 0 Å². The van der Waals surface area contributed by atoms with Crippen LogP contribution in [-0.4, -0.2) is 23.4 Å². The highest BCUT2D eigenvalue weighted by molar-refractivity contribution is 8.00. The molecule has 2 heterocycles. The Hall–Kier alpha value is -0.960. The molecular weight excluding hydrogens is 232 g/mol. The van der Waals surface area contributed by atoms with Crippen LogP contribution in [0.5, 0.6) is 5.75 Å². The molecule has 1 saturated heterocycles. The Labute approximate surface area is 106 Å². The molecule has 0 saturated carbocycles. The molecule has 2 aliphatic heterocycles. The van der Waals surface area contributed by atoms with Crippen LogP contribution in [0.15, 0.2) is 18.2 Å². The fraction of sp³-hybridized carbons (Fsp3) is 0.500. The number of benzene rings is 1. The van der Waals surface area contributed by atoms with Crippen LogP contribution in [0, 0.1) is 0 Å². The first kappa shape index (κ1) is 11.1. The third kappa shape index (κ3) is 2.21. The molecule has 0 aliphatic carbocycles. The number of carbonyl (C=O) groups excluding carboxylic acids is 1. The van der Waals surface area contributed by atoms with Gasteiger partial charge in [0, 0.05) is 12.0 Å². The minimum absolute atomic E-state index is 0.184. The van der Waals surface area contributed by atoms with E-state index in [4.69, 9.17) is 4.74 Å². The van der Waals surface area contributed by atoms with Crippen molar-refractivity contribution in [2.24, 2.45) is 0 Å². The van der Waals surface area contributed by atoms with Gasteiger partial charge in [0.05, 0.1) is 11.9 Å². The lowest BCUT2D eigenvalue weighted by atomic mass is 10.0. The van der Waals surface area contributed by atoms with Gasteiger partial charge in [-0.3, -0.25) is 4.79 Å². The summed E-state index contributed by atoms with van der Waals surface area (Å²) < 4.78 is 5.46. The van der Waals surface area contributed by atoms with E-state index in [1.807, 2.05) is 30.0 Å². The second kappa shape index (κ2) is 4.73. The number of fused-ring (bicyclic) bond motifs is 1. The van der Waals surface area contributed by atoms with Crippen molar-refractivity contribution in [1.82, 2.24) is 0 Å². The molecule has 0 aromatic heterocycles. The first-order valence-corrected chi connectivity index (χ1v) is 7.31. The Morgan fingerprint density at radius 3 is 3.12 bits per heavy atom. The highest BCUT2D eigenvalue weighted by atomic mass is 32.2. The second-order valence-corrected chi connectivity index (χ2v) is 5.95. The number of hydrogen-bond acceptors (Lipinski definition) is 3. The largest absolute Gasteiger partial charge is 0.493 e. The van der Waals surface area contributed by atoms with E-state index in [0.717, 1.165) is 36.5 Å². The fourth-order valence-corrected chi connectivity index (χ4v) is 3.75. The number of hydrogen-bond donors (Lipinski definition) is 0. The molecule has 0 spiro atoms. The van der Waals surface area contributed by atoms with Crippen molar-refractivity contribution in [3.63, 3.8) is 0 Å². The Kier molecular flexibility index (Phi) is 3.10. The third-order valence-corrected chi connectivity index (χ3v) is 4.82. The van der Waals surface area contributed by atoms with E-state index in [1.54, 1.807) is 0 Å². The Balaban J connectivity index is 1.81. The maximum absolute atomic E-state index is 12.3. The minimum atomic E-state index is 0.184. The van der Waals surface area contributed by atoms with E-state index in [2.05, 4.69) is 0 Å². The van der Waals surface area contributed by atoms with Crippen molar-refractivity contribution in [3.05, 3.63) is 29.3 Å². The van der Waals surface area contributed by atoms with Gasteiger partial charge in [-0.05, 0) is 42.4 Å². The third-order valence-electron chi connectivity index (χ3n) is 3.45. The lowest BCUT2D eigenvalue weighted by Gasteiger charge is -2.20. The van der Waals surface area contributed by atoms with Crippen LogP contribution in [0.4, 0.5) is 0 Å². The van der Waals surface area contributed by atoms with Gasteiger partial charge in [-0.1, -0.05) is 6.42 Å². The summed E-state index contributed by atoms with van der Waals surface area (Å²) in [6, 6.07) is 5.89. The first-order chi connectivity index (χ1) is 8.34. The van der Waals surface area contributed by atoms with Crippen LogP contribution in [-0.2, 0) is 6.42 Å². The van der Waals surface area contributed by atoms with Gasteiger partial charge in [0.2, 0.25) is 0 Å². The summed E-state index contributed by atoms with van der Waals surface area (Å²) in [6.07, 6.45) is 4.43. The topological polar surface area (TPSA) is 26.3 Å². The van der Waals surface area contributed by atoms with Crippen molar-refractivity contribution in [2.75, 3.05) is 12.4 Å². The van der Waals surface area contributed by atoms with Gasteiger partial charge in [-0.25, -0.2) is 0 Å². The number of Topliss-reactive ketones (excluding diaryl/α,β-unsaturated/α-hetero) is 1. The summed E-state index contributed by atoms with van der Waals surface area (Å²) in [5.41, 5.74) is 2.06. The smallest absolute Gasteiger partial charge is 0.175 e. The molecule has 3 rings (SSSR count). The highest BCUT2D eigenvalue weighted by Crippen LogP contribution is 2.31. The normalized spacial score (nSPS) is 22.9. The number of rotatable bonds is 2. The van der Waals surface area contributed by atoms with E-state index in [9.17, 15) is 4.79 Å². The SMILES string of the molecule is O=C(c1ccc2c(c1)CCO2)C1CCCCS1. The van der Waals surface area contributed by atoms with Gasteiger partial charge < -0.3 is 4.74 Å². The molecule has 90 valence electrons. The predicted octanol–water partition coefficient (Wildman–Crippen LogP) is 3.09. The minimum Gasteiger partial charge on any atom is -0.493 e. The molecule has 17 heavy (non-hydrogen) atoms.